The summed E-state index contributed by atoms with van der Waals surface area (Å²) in [5.41, 5.74) is 10.3. The third kappa shape index (κ3) is 4.50. The Kier molecular flexibility index (Phi) is 5.86. The summed E-state index contributed by atoms with van der Waals surface area (Å²) in [5, 5.41) is 13.2. The van der Waals surface area contributed by atoms with Crippen LogP contribution in [0.1, 0.15) is 5.56 Å². The first-order chi connectivity index (χ1) is 19.7. The van der Waals surface area contributed by atoms with Crippen molar-refractivity contribution in [2.24, 2.45) is 0 Å². The van der Waals surface area contributed by atoms with Gasteiger partial charge in [-0.25, -0.2) is 0 Å². The monoisotopic (exact) mass is 519 g/mol. The first-order valence-corrected chi connectivity index (χ1v) is 13.0. The van der Waals surface area contributed by atoms with E-state index in [1.807, 2.05) is 67.1 Å². The van der Waals surface area contributed by atoms with E-state index in [2.05, 4.69) is 78.4 Å². The Balaban J connectivity index is 1.21. The van der Waals surface area contributed by atoms with Crippen LogP contribution in [0.25, 0.3) is 55.7 Å². The summed E-state index contributed by atoms with van der Waals surface area (Å²) in [6.07, 6.45) is 7.99. The zero-order chi connectivity index (χ0) is 26.9. The lowest BCUT2D eigenvalue weighted by atomic mass is 10.1. The smallest absolute Gasteiger partial charge is 0.116 e. The highest BCUT2D eigenvalue weighted by molar-refractivity contribution is 6.01. The number of anilines is 1. The SMILES string of the molecule is C=C(Cc1ccccc1)Nc1cncc(-c2cc3c(-c4cc5c(-c6ccccn6)cccc5[nH]4)n[nH]c3cn2)c1. The molecule has 0 aliphatic rings. The van der Waals surface area contributed by atoms with Crippen LogP contribution in [0, 0.1) is 0 Å². The van der Waals surface area contributed by atoms with E-state index in [4.69, 9.17) is 0 Å². The predicted molar refractivity (Wildman–Crippen MR) is 161 cm³/mol. The van der Waals surface area contributed by atoms with Crippen molar-refractivity contribution in [3.8, 4) is 33.9 Å². The molecule has 0 radical (unpaired) electrons. The second kappa shape index (κ2) is 9.96. The second-order valence-electron chi connectivity index (χ2n) is 9.71. The van der Waals surface area contributed by atoms with E-state index in [1.54, 1.807) is 6.20 Å². The lowest BCUT2D eigenvalue weighted by Gasteiger charge is -2.11. The van der Waals surface area contributed by atoms with Crippen LogP contribution in [0.15, 0.2) is 122 Å². The van der Waals surface area contributed by atoms with Crippen LogP contribution < -0.4 is 5.32 Å². The van der Waals surface area contributed by atoms with Crippen molar-refractivity contribution in [3.63, 3.8) is 0 Å². The van der Waals surface area contributed by atoms with Crippen molar-refractivity contribution in [1.82, 2.24) is 30.1 Å². The van der Waals surface area contributed by atoms with Crippen LogP contribution in [0.3, 0.4) is 0 Å². The largest absolute Gasteiger partial charge is 0.358 e. The van der Waals surface area contributed by atoms with Gasteiger partial charge in [-0.2, -0.15) is 5.10 Å². The van der Waals surface area contributed by atoms with E-state index in [0.29, 0.717) is 0 Å². The summed E-state index contributed by atoms with van der Waals surface area (Å²) >= 11 is 0. The highest BCUT2D eigenvalue weighted by Gasteiger charge is 2.15. The van der Waals surface area contributed by atoms with Crippen LogP contribution in [-0.4, -0.2) is 30.1 Å². The van der Waals surface area contributed by atoms with Gasteiger partial charge in [-0.1, -0.05) is 55.1 Å². The Morgan fingerprint density at radius 1 is 0.775 bits per heavy atom. The molecule has 7 aromatic rings. The first kappa shape index (κ1) is 23.5. The fourth-order valence-corrected chi connectivity index (χ4v) is 5.05. The molecular weight excluding hydrogens is 494 g/mol. The average Bonchev–Trinajstić information content (AvgIpc) is 3.62. The van der Waals surface area contributed by atoms with Crippen molar-refractivity contribution in [3.05, 3.63) is 128 Å². The fraction of sp³-hybridized carbons (Fsp3) is 0.0303. The minimum Gasteiger partial charge on any atom is -0.358 e. The quantitative estimate of drug-likeness (QED) is 0.204. The summed E-state index contributed by atoms with van der Waals surface area (Å²) in [6.45, 7) is 4.20. The van der Waals surface area contributed by atoms with Crippen LogP contribution in [0.4, 0.5) is 5.69 Å². The molecule has 3 N–H and O–H groups in total. The van der Waals surface area contributed by atoms with Gasteiger partial charge in [0.15, 0.2) is 0 Å². The summed E-state index contributed by atoms with van der Waals surface area (Å²) in [4.78, 5) is 17.2. The topological polar surface area (TPSA) is 95.2 Å². The number of aromatic amines is 2. The molecule has 0 unspecified atom stereocenters. The van der Waals surface area contributed by atoms with E-state index in [-0.39, 0.29) is 0 Å². The van der Waals surface area contributed by atoms with Gasteiger partial charge in [0.1, 0.15) is 5.69 Å². The number of allylic oxidation sites excluding steroid dienone is 1. The van der Waals surface area contributed by atoms with Gasteiger partial charge in [0.25, 0.3) is 0 Å². The third-order valence-electron chi connectivity index (χ3n) is 6.92. The summed E-state index contributed by atoms with van der Waals surface area (Å²) in [5.74, 6) is 0. The highest BCUT2D eigenvalue weighted by Crippen LogP contribution is 2.34. The molecular formula is C33H25N7. The number of rotatable bonds is 7. The first-order valence-electron chi connectivity index (χ1n) is 13.0. The second-order valence-corrected chi connectivity index (χ2v) is 9.71. The van der Waals surface area contributed by atoms with E-state index >= 15 is 0 Å². The number of benzene rings is 2. The number of hydrogen-bond acceptors (Lipinski definition) is 5. The molecule has 7 heteroatoms. The Labute approximate surface area is 230 Å². The molecule has 5 heterocycles. The predicted octanol–water partition coefficient (Wildman–Crippen LogP) is 7.40. The molecule has 0 saturated heterocycles. The Morgan fingerprint density at radius 2 is 1.68 bits per heavy atom. The van der Waals surface area contributed by atoms with Gasteiger partial charge in [0.2, 0.25) is 0 Å². The lowest BCUT2D eigenvalue weighted by molar-refractivity contribution is 1.11. The Bertz CT molecular complexity index is 1970. The minimum absolute atomic E-state index is 0.736. The van der Waals surface area contributed by atoms with Gasteiger partial charge in [-0.15, -0.1) is 0 Å². The number of aromatic nitrogens is 6. The molecule has 0 spiro atoms. The average molecular weight is 520 g/mol. The zero-order valence-corrected chi connectivity index (χ0v) is 21.6. The van der Waals surface area contributed by atoms with E-state index in [1.165, 1.54) is 5.56 Å². The van der Waals surface area contributed by atoms with Gasteiger partial charge in [-0.3, -0.25) is 20.1 Å². The molecule has 0 aliphatic carbocycles. The molecule has 2 aromatic carbocycles. The molecule has 40 heavy (non-hydrogen) atoms. The summed E-state index contributed by atoms with van der Waals surface area (Å²) in [7, 11) is 0. The molecule has 5 aromatic heterocycles. The van der Waals surface area contributed by atoms with Gasteiger partial charge < -0.3 is 10.3 Å². The van der Waals surface area contributed by atoms with Gasteiger partial charge in [0.05, 0.1) is 40.7 Å². The van der Waals surface area contributed by atoms with Gasteiger partial charge in [-0.05, 0) is 42.0 Å². The molecule has 192 valence electrons. The zero-order valence-electron chi connectivity index (χ0n) is 21.6. The number of pyridine rings is 3. The molecule has 0 saturated carbocycles. The molecule has 0 bridgehead atoms. The maximum Gasteiger partial charge on any atom is 0.116 e. The van der Waals surface area contributed by atoms with Gasteiger partial charge >= 0.3 is 0 Å². The third-order valence-corrected chi connectivity index (χ3v) is 6.92. The molecule has 0 atom stereocenters. The Morgan fingerprint density at radius 3 is 2.55 bits per heavy atom. The number of fused-ring (bicyclic) bond motifs is 2. The minimum atomic E-state index is 0.736. The lowest BCUT2D eigenvalue weighted by Crippen LogP contribution is -2.02. The van der Waals surface area contributed by atoms with Gasteiger partial charge in [0, 0.05) is 51.9 Å². The van der Waals surface area contributed by atoms with Crippen LogP contribution in [-0.2, 0) is 6.42 Å². The van der Waals surface area contributed by atoms with E-state index in [0.717, 1.165) is 73.5 Å². The van der Waals surface area contributed by atoms with Crippen molar-refractivity contribution >= 4 is 27.5 Å². The fourth-order valence-electron chi connectivity index (χ4n) is 5.05. The van der Waals surface area contributed by atoms with Crippen molar-refractivity contribution in [2.45, 2.75) is 6.42 Å². The van der Waals surface area contributed by atoms with E-state index in [9.17, 15) is 0 Å². The number of nitrogens with zero attached hydrogens (tertiary/aromatic N) is 4. The standard InChI is InChI=1S/C33H25N7/c1-21(14-22-8-3-2-4-9-22)37-24-15-23(18-34-19-24)30-17-27-32(20-36-30)39-40-33(27)31-16-26-25(10-7-12-29(26)38-31)28-11-5-6-13-35-28/h2-13,15-20,37-38H,1,14H2,(H,39,40). The Hall–Kier alpha value is -5.56. The highest BCUT2D eigenvalue weighted by atomic mass is 15.1. The number of H-pyrrole nitrogens is 2. The molecule has 0 fully saturated rings. The molecule has 7 rings (SSSR count). The van der Waals surface area contributed by atoms with Crippen molar-refractivity contribution in [1.29, 1.82) is 0 Å². The molecule has 7 nitrogen and oxygen atoms in total. The number of nitrogens with one attached hydrogen (secondary N) is 3. The van der Waals surface area contributed by atoms with E-state index < -0.39 is 0 Å². The van der Waals surface area contributed by atoms with Crippen LogP contribution in [0.5, 0.6) is 0 Å². The number of hydrogen-bond donors (Lipinski definition) is 3. The van der Waals surface area contributed by atoms with Crippen LogP contribution in [0.2, 0.25) is 0 Å². The normalized spacial score (nSPS) is 11.2. The summed E-state index contributed by atoms with van der Waals surface area (Å²) < 4.78 is 0. The molecule has 0 amide bonds. The maximum atomic E-state index is 4.69. The maximum absolute atomic E-state index is 4.69. The van der Waals surface area contributed by atoms with Crippen molar-refractivity contribution in [2.75, 3.05) is 5.32 Å². The summed E-state index contributed by atoms with van der Waals surface area (Å²) in [6, 6.07) is 28.7. The van der Waals surface area contributed by atoms with Crippen LogP contribution >= 0.6 is 0 Å². The van der Waals surface area contributed by atoms with Crippen molar-refractivity contribution < 1.29 is 0 Å². The molecule has 0 aliphatic heterocycles.